The number of hydrogen-bond acceptors (Lipinski definition) is 4. The highest BCUT2D eigenvalue weighted by Gasteiger charge is 2.28. The Morgan fingerprint density at radius 2 is 1.77 bits per heavy atom. The predicted molar refractivity (Wildman–Crippen MR) is 121 cm³/mol. The number of nitrogens with zero attached hydrogens (tertiary/aromatic N) is 1. The van der Waals surface area contributed by atoms with Crippen LogP contribution in [-0.2, 0) is 22.6 Å². The molecule has 0 saturated heterocycles. The molecule has 2 amide bonds. The number of halogens is 2. The van der Waals surface area contributed by atoms with Crippen molar-refractivity contribution in [2.24, 2.45) is 0 Å². The van der Waals surface area contributed by atoms with Gasteiger partial charge >= 0.3 is 0 Å². The molecule has 0 bridgehead atoms. The van der Waals surface area contributed by atoms with Gasteiger partial charge in [-0.1, -0.05) is 42.3 Å². The highest BCUT2D eigenvalue weighted by atomic mass is 35.5. The molecule has 0 fully saturated rings. The molecule has 31 heavy (non-hydrogen) atoms. The van der Waals surface area contributed by atoms with E-state index in [-0.39, 0.29) is 31.6 Å². The van der Waals surface area contributed by atoms with Crippen LogP contribution in [0, 0.1) is 0 Å². The number of carbonyl (C=O) groups is 2. The van der Waals surface area contributed by atoms with E-state index in [9.17, 15) is 9.59 Å². The van der Waals surface area contributed by atoms with E-state index in [1.165, 1.54) is 0 Å². The lowest BCUT2D eigenvalue weighted by Crippen LogP contribution is -2.49. The summed E-state index contributed by atoms with van der Waals surface area (Å²) in [6.07, 6.45) is 1.29. The maximum Gasteiger partial charge on any atom is 0.242 e. The Hall–Kier alpha value is -2.44. The van der Waals surface area contributed by atoms with Crippen molar-refractivity contribution in [3.8, 4) is 11.5 Å². The third-order valence-corrected chi connectivity index (χ3v) is 5.88. The fourth-order valence-corrected chi connectivity index (χ4v) is 3.86. The minimum atomic E-state index is -0.571. The highest BCUT2D eigenvalue weighted by molar-refractivity contribution is 6.42. The molecule has 1 atom stereocenters. The minimum Gasteiger partial charge on any atom is -0.454 e. The largest absolute Gasteiger partial charge is 0.454 e. The van der Waals surface area contributed by atoms with E-state index in [0.717, 1.165) is 11.1 Å². The van der Waals surface area contributed by atoms with Gasteiger partial charge in [-0.05, 0) is 55.2 Å². The van der Waals surface area contributed by atoms with Gasteiger partial charge in [-0.25, -0.2) is 0 Å². The Morgan fingerprint density at radius 1 is 1.03 bits per heavy atom. The van der Waals surface area contributed by atoms with Crippen LogP contribution in [0.3, 0.4) is 0 Å². The van der Waals surface area contributed by atoms with Crippen molar-refractivity contribution >= 4 is 35.0 Å². The van der Waals surface area contributed by atoms with Gasteiger partial charge in [-0.2, -0.15) is 0 Å². The molecule has 0 spiro atoms. The Bertz CT molecular complexity index is 951. The average molecular weight is 465 g/mol. The maximum absolute atomic E-state index is 13.2. The fraction of sp³-hybridized carbons (Fsp3) is 0.391. The molecule has 2 aromatic carbocycles. The number of nitrogens with one attached hydrogen (secondary N) is 1. The SMILES string of the molecule is CCNC(=O)[C@H](CC)N(Cc1ccc(Cl)c(Cl)c1)C(=O)CCc1ccc2c(c1)OCO2. The van der Waals surface area contributed by atoms with Crippen molar-refractivity contribution in [2.75, 3.05) is 13.3 Å². The second kappa shape index (κ2) is 10.7. The van der Waals surface area contributed by atoms with E-state index in [1.807, 2.05) is 38.1 Å². The van der Waals surface area contributed by atoms with Crippen LogP contribution in [0.1, 0.15) is 37.8 Å². The molecule has 3 rings (SSSR count). The molecule has 6 nitrogen and oxygen atoms in total. The lowest BCUT2D eigenvalue weighted by molar-refractivity contribution is -0.141. The van der Waals surface area contributed by atoms with Gasteiger partial charge in [0.15, 0.2) is 11.5 Å². The summed E-state index contributed by atoms with van der Waals surface area (Å²) < 4.78 is 10.7. The number of aryl methyl sites for hydroxylation is 1. The van der Waals surface area contributed by atoms with Crippen molar-refractivity contribution < 1.29 is 19.1 Å². The van der Waals surface area contributed by atoms with Crippen molar-refractivity contribution in [3.05, 3.63) is 57.6 Å². The van der Waals surface area contributed by atoms with Gasteiger partial charge in [-0.3, -0.25) is 9.59 Å². The number of likely N-dealkylation sites (N-methyl/N-ethyl adjacent to an activating group) is 1. The smallest absolute Gasteiger partial charge is 0.242 e. The standard InChI is InChI=1S/C23H26Cl2N2O4/c1-3-19(23(29)26-4-2)27(13-16-5-8-17(24)18(25)11-16)22(28)10-7-15-6-9-20-21(12-15)31-14-30-20/h5-6,8-9,11-12,19H,3-4,7,10,13-14H2,1-2H3,(H,26,29)/t19-/m0/s1. The van der Waals surface area contributed by atoms with E-state index in [4.69, 9.17) is 32.7 Å². The first-order valence-electron chi connectivity index (χ1n) is 10.3. The molecule has 0 aromatic heterocycles. The zero-order valence-electron chi connectivity index (χ0n) is 17.6. The molecule has 166 valence electrons. The molecule has 1 aliphatic heterocycles. The number of amides is 2. The zero-order chi connectivity index (χ0) is 22.4. The van der Waals surface area contributed by atoms with Gasteiger partial charge in [0.05, 0.1) is 10.0 Å². The number of benzene rings is 2. The number of hydrogen-bond donors (Lipinski definition) is 1. The number of rotatable bonds is 9. The zero-order valence-corrected chi connectivity index (χ0v) is 19.1. The van der Waals surface area contributed by atoms with Crippen LogP contribution in [-0.4, -0.2) is 36.1 Å². The van der Waals surface area contributed by atoms with Crippen molar-refractivity contribution in [1.29, 1.82) is 0 Å². The Morgan fingerprint density at radius 3 is 2.48 bits per heavy atom. The summed E-state index contributed by atoms with van der Waals surface area (Å²) in [6, 6.07) is 10.3. The van der Waals surface area contributed by atoms with Crippen LogP contribution >= 0.6 is 23.2 Å². The molecular weight excluding hydrogens is 439 g/mol. The maximum atomic E-state index is 13.2. The van der Waals surface area contributed by atoms with Gasteiger partial charge in [0, 0.05) is 19.5 Å². The summed E-state index contributed by atoms with van der Waals surface area (Å²) in [5.41, 5.74) is 1.78. The Balaban J connectivity index is 1.77. The molecule has 0 saturated carbocycles. The van der Waals surface area contributed by atoms with Crippen LogP contribution in [0.5, 0.6) is 11.5 Å². The second-order valence-corrected chi connectivity index (χ2v) is 8.09. The summed E-state index contributed by atoms with van der Waals surface area (Å²) in [5.74, 6) is 1.12. The predicted octanol–water partition coefficient (Wildman–Crippen LogP) is 4.60. The molecule has 0 radical (unpaired) electrons. The second-order valence-electron chi connectivity index (χ2n) is 7.28. The monoisotopic (exact) mass is 464 g/mol. The van der Waals surface area contributed by atoms with E-state index >= 15 is 0 Å². The molecule has 0 unspecified atom stereocenters. The molecule has 2 aromatic rings. The fourth-order valence-electron chi connectivity index (χ4n) is 3.54. The quantitative estimate of drug-likeness (QED) is 0.588. The Labute approximate surface area is 192 Å². The molecular formula is C23H26Cl2N2O4. The molecule has 1 heterocycles. The van der Waals surface area contributed by atoms with Crippen molar-refractivity contribution in [1.82, 2.24) is 10.2 Å². The van der Waals surface area contributed by atoms with Gasteiger partial charge in [0.2, 0.25) is 18.6 Å². The summed E-state index contributed by atoms with van der Waals surface area (Å²) in [5, 5.41) is 3.69. The molecule has 8 heteroatoms. The minimum absolute atomic E-state index is 0.109. The first kappa shape index (κ1) is 23.2. The highest BCUT2D eigenvalue weighted by Crippen LogP contribution is 2.33. The Kier molecular flexibility index (Phi) is 8.04. The van der Waals surface area contributed by atoms with Gasteiger partial charge < -0.3 is 19.7 Å². The van der Waals surface area contributed by atoms with Gasteiger partial charge in [-0.15, -0.1) is 0 Å². The van der Waals surface area contributed by atoms with Gasteiger partial charge in [0.1, 0.15) is 6.04 Å². The van der Waals surface area contributed by atoms with Crippen LogP contribution in [0.4, 0.5) is 0 Å². The van der Waals surface area contributed by atoms with Crippen molar-refractivity contribution in [2.45, 2.75) is 45.7 Å². The van der Waals surface area contributed by atoms with Crippen molar-refractivity contribution in [3.63, 3.8) is 0 Å². The molecule has 0 aliphatic carbocycles. The average Bonchev–Trinajstić information content (AvgIpc) is 3.22. The summed E-state index contributed by atoms with van der Waals surface area (Å²) in [6.45, 7) is 4.73. The normalized spacial score (nSPS) is 13.0. The summed E-state index contributed by atoms with van der Waals surface area (Å²) in [4.78, 5) is 27.5. The van der Waals surface area contributed by atoms with Crippen LogP contribution in [0.25, 0.3) is 0 Å². The van der Waals surface area contributed by atoms with Crippen LogP contribution in [0.15, 0.2) is 36.4 Å². The number of ether oxygens (including phenoxy) is 2. The van der Waals surface area contributed by atoms with Gasteiger partial charge in [0.25, 0.3) is 0 Å². The van der Waals surface area contributed by atoms with Crippen LogP contribution in [0.2, 0.25) is 10.0 Å². The third kappa shape index (κ3) is 5.83. The van der Waals surface area contributed by atoms with E-state index in [2.05, 4.69) is 5.32 Å². The lowest BCUT2D eigenvalue weighted by Gasteiger charge is -2.30. The summed E-state index contributed by atoms with van der Waals surface area (Å²) in [7, 11) is 0. The molecule has 1 aliphatic rings. The first-order valence-corrected chi connectivity index (χ1v) is 11.1. The first-order chi connectivity index (χ1) is 14.9. The van der Waals surface area contributed by atoms with E-state index < -0.39 is 6.04 Å². The van der Waals surface area contributed by atoms with E-state index in [1.54, 1.807) is 17.0 Å². The number of carbonyl (C=O) groups excluding carboxylic acids is 2. The lowest BCUT2D eigenvalue weighted by atomic mass is 10.1. The van der Waals surface area contributed by atoms with Crippen LogP contribution < -0.4 is 14.8 Å². The third-order valence-electron chi connectivity index (χ3n) is 5.14. The molecule has 1 N–H and O–H groups in total. The topological polar surface area (TPSA) is 67.9 Å². The summed E-state index contributed by atoms with van der Waals surface area (Å²) >= 11 is 12.2. The van der Waals surface area contributed by atoms with E-state index in [0.29, 0.717) is 40.9 Å². The number of fused-ring (bicyclic) bond motifs is 1.